The second-order valence-corrected chi connectivity index (χ2v) is 8.19. The van der Waals surface area contributed by atoms with Crippen LogP contribution in [0.25, 0.3) is 6.08 Å². The zero-order valence-electron chi connectivity index (χ0n) is 18.0. The van der Waals surface area contributed by atoms with Gasteiger partial charge in [0.05, 0.1) is 17.6 Å². The highest BCUT2D eigenvalue weighted by atomic mass is 16.5. The van der Waals surface area contributed by atoms with Crippen LogP contribution in [0.3, 0.4) is 0 Å². The number of nitrogens with two attached hydrogens (primary N) is 1. The summed E-state index contributed by atoms with van der Waals surface area (Å²) in [6, 6.07) is 1.73. The molecule has 1 aliphatic heterocycles. The van der Waals surface area contributed by atoms with Crippen molar-refractivity contribution in [3.8, 4) is 0 Å². The average Bonchev–Trinajstić information content (AvgIpc) is 2.83. The molecular formula is C23H31N3O3. The number of rotatable bonds is 7. The number of carbonyl (C=O) groups excluding carboxylic acids is 1. The van der Waals surface area contributed by atoms with Gasteiger partial charge in [0.25, 0.3) is 0 Å². The number of ether oxygens (including phenoxy) is 1. The van der Waals surface area contributed by atoms with Crippen molar-refractivity contribution in [1.29, 1.82) is 0 Å². The highest BCUT2D eigenvalue weighted by Crippen LogP contribution is 2.46. The molecule has 0 aliphatic carbocycles. The first-order valence-electron chi connectivity index (χ1n) is 9.50. The van der Waals surface area contributed by atoms with Crippen LogP contribution in [-0.4, -0.2) is 34.5 Å². The number of allylic oxidation sites excluding steroid dienone is 2. The van der Waals surface area contributed by atoms with Gasteiger partial charge in [0, 0.05) is 24.9 Å². The van der Waals surface area contributed by atoms with Crippen LogP contribution in [0.5, 0.6) is 0 Å². The van der Waals surface area contributed by atoms with Crippen molar-refractivity contribution in [3.05, 3.63) is 65.8 Å². The molecule has 2 rings (SSSR count). The van der Waals surface area contributed by atoms with E-state index in [9.17, 15) is 9.90 Å². The summed E-state index contributed by atoms with van der Waals surface area (Å²) < 4.78 is 5.86. The molecule has 6 heteroatoms. The Morgan fingerprint density at radius 3 is 2.72 bits per heavy atom. The van der Waals surface area contributed by atoms with E-state index in [2.05, 4.69) is 25.1 Å². The molecule has 0 fully saturated rings. The fourth-order valence-corrected chi connectivity index (χ4v) is 3.22. The van der Waals surface area contributed by atoms with Gasteiger partial charge in [-0.15, -0.1) is 6.58 Å². The van der Waals surface area contributed by atoms with E-state index >= 15 is 0 Å². The van der Waals surface area contributed by atoms with E-state index < -0.39 is 5.60 Å². The third kappa shape index (κ3) is 4.77. The minimum atomic E-state index is -1.12. The molecule has 2 heterocycles. The number of hydrogen-bond acceptors (Lipinski definition) is 5. The van der Waals surface area contributed by atoms with Crippen LogP contribution in [0, 0.1) is 5.41 Å². The van der Waals surface area contributed by atoms with E-state index in [1.165, 1.54) is 6.08 Å². The minimum absolute atomic E-state index is 0.182. The minimum Gasteiger partial charge on any atom is -0.464 e. The number of likely N-dealkylation sites (N-methyl/N-ethyl adjacent to an activating group) is 1. The van der Waals surface area contributed by atoms with Crippen molar-refractivity contribution < 1.29 is 14.6 Å². The number of nitrogen functional groups attached to an aromatic ring is 1. The van der Waals surface area contributed by atoms with Crippen LogP contribution in [0.1, 0.15) is 45.2 Å². The van der Waals surface area contributed by atoms with Crippen LogP contribution in [0.4, 0.5) is 5.82 Å². The monoisotopic (exact) mass is 397 g/mol. The topological polar surface area (TPSA) is 88.7 Å². The third-order valence-corrected chi connectivity index (χ3v) is 5.43. The van der Waals surface area contributed by atoms with Crippen molar-refractivity contribution in [2.45, 2.75) is 39.7 Å². The first-order chi connectivity index (χ1) is 13.4. The zero-order chi connectivity index (χ0) is 22.0. The second kappa shape index (κ2) is 8.25. The lowest BCUT2D eigenvalue weighted by molar-refractivity contribution is -0.124. The molecule has 0 saturated heterocycles. The summed E-state index contributed by atoms with van der Waals surface area (Å²) in [5.41, 5.74) is 6.68. The predicted molar refractivity (Wildman–Crippen MR) is 116 cm³/mol. The number of hydrogen-bond donors (Lipinski definition) is 2. The van der Waals surface area contributed by atoms with Gasteiger partial charge in [-0.1, -0.05) is 12.7 Å². The molecule has 0 saturated carbocycles. The molecule has 1 amide bonds. The lowest BCUT2D eigenvalue weighted by Crippen LogP contribution is -2.27. The molecule has 0 spiro atoms. The Morgan fingerprint density at radius 2 is 2.14 bits per heavy atom. The third-order valence-electron chi connectivity index (χ3n) is 5.43. The number of amides is 1. The molecule has 1 aromatic heterocycles. The van der Waals surface area contributed by atoms with E-state index in [0.29, 0.717) is 23.4 Å². The SMILES string of the molecule is C=CCC1(C)C(=C)OC(CN(C)C(=O)/C=C/c2cnc(N)c(C(C)(C)O)c2)=C1C. The van der Waals surface area contributed by atoms with Gasteiger partial charge in [0.15, 0.2) is 0 Å². The lowest BCUT2D eigenvalue weighted by Gasteiger charge is -2.23. The molecule has 1 unspecified atom stereocenters. The van der Waals surface area contributed by atoms with Crippen molar-refractivity contribution >= 4 is 17.8 Å². The van der Waals surface area contributed by atoms with Gasteiger partial charge in [-0.05, 0) is 57.4 Å². The van der Waals surface area contributed by atoms with Crippen LogP contribution in [0.2, 0.25) is 0 Å². The van der Waals surface area contributed by atoms with Gasteiger partial charge >= 0.3 is 0 Å². The summed E-state index contributed by atoms with van der Waals surface area (Å²) in [6.07, 6.45) is 7.25. The van der Waals surface area contributed by atoms with E-state index in [0.717, 1.165) is 17.8 Å². The Labute approximate surface area is 173 Å². The molecule has 29 heavy (non-hydrogen) atoms. The maximum atomic E-state index is 12.6. The Bertz CT molecular complexity index is 893. The smallest absolute Gasteiger partial charge is 0.246 e. The first-order valence-corrected chi connectivity index (χ1v) is 9.50. The second-order valence-electron chi connectivity index (χ2n) is 8.19. The zero-order valence-corrected chi connectivity index (χ0v) is 18.0. The van der Waals surface area contributed by atoms with Gasteiger partial charge in [0.1, 0.15) is 17.3 Å². The van der Waals surface area contributed by atoms with E-state index in [4.69, 9.17) is 10.5 Å². The van der Waals surface area contributed by atoms with Crippen LogP contribution in [-0.2, 0) is 15.1 Å². The van der Waals surface area contributed by atoms with Gasteiger partial charge < -0.3 is 20.5 Å². The molecule has 0 aromatic carbocycles. The Hall–Kier alpha value is -2.86. The lowest BCUT2D eigenvalue weighted by atomic mass is 9.79. The number of pyridine rings is 1. The molecule has 1 aromatic rings. The standard InChI is InChI=1S/C23H31N3O3/c1-8-11-23(6)15(2)19(29-16(23)3)14-26(7)20(27)10-9-17-12-18(22(4,5)28)21(24)25-13-17/h8-10,12-13,28H,1,3,11,14H2,2,4-7H3,(H2,24,25)/b10-9+. The summed E-state index contributed by atoms with van der Waals surface area (Å²) in [5.74, 6) is 1.50. The summed E-state index contributed by atoms with van der Waals surface area (Å²) in [6.45, 7) is 15.5. The van der Waals surface area contributed by atoms with Crippen molar-refractivity contribution in [2.24, 2.45) is 5.41 Å². The maximum Gasteiger partial charge on any atom is 0.246 e. The predicted octanol–water partition coefficient (Wildman–Crippen LogP) is 3.76. The van der Waals surface area contributed by atoms with Crippen molar-refractivity contribution in [1.82, 2.24) is 9.88 Å². The first kappa shape index (κ1) is 22.4. The summed E-state index contributed by atoms with van der Waals surface area (Å²) in [4.78, 5) is 18.2. The highest BCUT2D eigenvalue weighted by molar-refractivity contribution is 5.91. The normalized spacial score (nSPS) is 19.6. The van der Waals surface area contributed by atoms with Gasteiger partial charge in [-0.3, -0.25) is 4.79 Å². The van der Waals surface area contributed by atoms with Crippen molar-refractivity contribution in [2.75, 3.05) is 19.3 Å². The Kier molecular flexibility index (Phi) is 6.38. The highest BCUT2D eigenvalue weighted by Gasteiger charge is 2.39. The number of carbonyl (C=O) groups is 1. The molecule has 6 nitrogen and oxygen atoms in total. The van der Waals surface area contributed by atoms with E-state index in [-0.39, 0.29) is 17.1 Å². The van der Waals surface area contributed by atoms with Crippen molar-refractivity contribution in [3.63, 3.8) is 0 Å². The molecular weight excluding hydrogens is 366 g/mol. The molecule has 156 valence electrons. The fourth-order valence-electron chi connectivity index (χ4n) is 3.22. The number of nitrogens with zero attached hydrogens (tertiary/aromatic N) is 2. The molecule has 0 bridgehead atoms. The molecule has 3 N–H and O–H groups in total. The molecule has 0 radical (unpaired) electrons. The molecule has 1 aliphatic rings. The van der Waals surface area contributed by atoms with Gasteiger partial charge in [-0.25, -0.2) is 4.98 Å². The summed E-state index contributed by atoms with van der Waals surface area (Å²) >= 11 is 0. The number of aromatic nitrogens is 1. The summed E-state index contributed by atoms with van der Waals surface area (Å²) in [7, 11) is 1.71. The van der Waals surface area contributed by atoms with Gasteiger partial charge in [-0.2, -0.15) is 0 Å². The summed E-state index contributed by atoms with van der Waals surface area (Å²) in [5, 5.41) is 10.2. The largest absolute Gasteiger partial charge is 0.464 e. The van der Waals surface area contributed by atoms with Crippen LogP contribution in [0.15, 0.2) is 54.7 Å². The Balaban J connectivity index is 2.13. The number of anilines is 1. The quantitative estimate of drug-likeness (QED) is 0.540. The van der Waals surface area contributed by atoms with Gasteiger partial charge in [0.2, 0.25) is 5.91 Å². The Morgan fingerprint density at radius 1 is 1.48 bits per heavy atom. The van der Waals surface area contributed by atoms with E-state index in [1.807, 2.05) is 13.0 Å². The fraction of sp³-hybridized carbons (Fsp3) is 0.391. The van der Waals surface area contributed by atoms with E-state index in [1.54, 1.807) is 44.1 Å². The average molecular weight is 398 g/mol. The maximum absolute atomic E-state index is 12.6. The molecule has 1 atom stereocenters. The van der Waals surface area contributed by atoms with Crippen LogP contribution >= 0.6 is 0 Å². The number of aliphatic hydroxyl groups is 1. The van der Waals surface area contributed by atoms with Crippen LogP contribution < -0.4 is 5.73 Å².